The van der Waals surface area contributed by atoms with E-state index >= 15 is 0 Å². The molecular formula is C35H57N7O7. The molecule has 49 heavy (non-hydrogen) atoms. The zero-order valence-electron chi connectivity index (χ0n) is 29.5. The molecule has 6 N–H and O–H groups in total. The Morgan fingerprint density at radius 3 is 2.49 bits per heavy atom. The van der Waals surface area contributed by atoms with Gasteiger partial charge in [-0.05, 0) is 96.3 Å². The zero-order valence-corrected chi connectivity index (χ0v) is 29.5. The fraction of sp³-hybridized carbons (Fsp3) is 0.829. The minimum Gasteiger partial charge on any atom is -0.479 e. The molecule has 6 unspecified atom stereocenters. The zero-order chi connectivity index (χ0) is 34.9. The first-order chi connectivity index (χ1) is 23.4. The molecule has 5 fully saturated rings. The van der Waals surface area contributed by atoms with Gasteiger partial charge < -0.3 is 30.1 Å². The van der Waals surface area contributed by atoms with E-state index in [4.69, 9.17) is 9.47 Å². The number of carbonyl (C=O) groups is 4. The maximum Gasteiger partial charge on any atom is 0.408 e. The molecule has 3 amide bonds. The molecule has 14 heteroatoms. The lowest BCUT2D eigenvalue weighted by Crippen LogP contribution is -2.56. The van der Waals surface area contributed by atoms with Gasteiger partial charge in [0, 0.05) is 19.6 Å². The second-order valence-electron chi connectivity index (χ2n) is 16.1. The molecule has 0 aromatic carbocycles. The Kier molecular flexibility index (Phi) is 10.9. The maximum absolute atomic E-state index is 14.4. The van der Waals surface area contributed by atoms with Crippen molar-refractivity contribution < 1.29 is 33.8 Å². The highest BCUT2D eigenvalue weighted by molar-refractivity contribution is 5.96. The van der Waals surface area contributed by atoms with E-state index in [9.17, 15) is 24.3 Å². The van der Waals surface area contributed by atoms with Crippen LogP contribution in [0, 0.1) is 23.7 Å². The third kappa shape index (κ3) is 7.93. The number of fused-ring (bicyclic) bond motifs is 3. The minimum absolute atomic E-state index is 0.0261. The third-order valence-corrected chi connectivity index (χ3v) is 11.7. The molecule has 2 saturated heterocycles. The number of carboxylic acids is 1. The van der Waals surface area contributed by atoms with Gasteiger partial charge in [0.25, 0.3) is 0 Å². The Morgan fingerprint density at radius 1 is 1.00 bits per heavy atom. The molecule has 10 atom stereocenters. The quantitative estimate of drug-likeness (QED) is 0.235. The topological polar surface area (TPSA) is 174 Å². The summed E-state index contributed by atoms with van der Waals surface area (Å²) in [5.41, 5.74) is 8.25. The summed E-state index contributed by atoms with van der Waals surface area (Å²) >= 11 is 0. The number of nitrogens with zero attached hydrogens (tertiary/aromatic N) is 2. The van der Waals surface area contributed by atoms with E-state index in [1.54, 1.807) is 20.8 Å². The van der Waals surface area contributed by atoms with E-state index in [-0.39, 0.29) is 37.0 Å². The summed E-state index contributed by atoms with van der Waals surface area (Å²) in [5.74, 6) is -0.763. The molecule has 3 aliphatic heterocycles. The van der Waals surface area contributed by atoms with Crippen LogP contribution in [0.4, 0.5) is 4.79 Å². The van der Waals surface area contributed by atoms with E-state index in [0.717, 1.165) is 32.1 Å². The van der Waals surface area contributed by atoms with Crippen molar-refractivity contribution in [3.05, 3.63) is 12.2 Å². The Hall–Kier alpha value is -2.78. The van der Waals surface area contributed by atoms with E-state index in [1.807, 2.05) is 24.4 Å². The molecule has 0 aromatic rings. The van der Waals surface area contributed by atoms with Crippen LogP contribution in [0.2, 0.25) is 0 Å². The number of ether oxygens (including phenoxy) is 2. The number of amides is 3. The predicted octanol–water partition coefficient (Wildman–Crippen LogP) is 2.72. The third-order valence-electron chi connectivity index (χ3n) is 11.7. The van der Waals surface area contributed by atoms with Crippen molar-refractivity contribution in [1.29, 1.82) is 0 Å². The van der Waals surface area contributed by atoms with Crippen LogP contribution in [-0.2, 0) is 23.9 Å². The van der Waals surface area contributed by atoms with Crippen molar-refractivity contribution in [3.8, 4) is 0 Å². The molecule has 0 aromatic heterocycles. The van der Waals surface area contributed by atoms with Gasteiger partial charge in [0.1, 0.15) is 23.2 Å². The van der Waals surface area contributed by atoms with Gasteiger partial charge in [-0.15, -0.1) is 0 Å². The monoisotopic (exact) mass is 687 g/mol. The molecule has 14 nitrogen and oxygen atoms in total. The lowest BCUT2D eigenvalue weighted by atomic mass is 9.63. The van der Waals surface area contributed by atoms with Crippen molar-refractivity contribution in [2.24, 2.45) is 23.7 Å². The number of allylic oxidation sites excluding steroid dienone is 1. The van der Waals surface area contributed by atoms with Gasteiger partial charge in [-0.1, -0.05) is 37.8 Å². The highest BCUT2D eigenvalue weighted by Gasteiger charge is 2.61. The molecule has 6 rings (SSSR count). The number of carboxylic acid groups (broad SMARTS) is 1. The van der Waals surface area contributed by atoms with Crippen LogP contribution in [0.15, 0.2) is 12.2 Å². The van der Waals surface area contributed by atoms with Crippen LogP contribution >= 0.6 is 0 Å². The number of aliphatic carboxylic acids is 1. The van der Waals surface area contributed by atoms with Gasteiger partial charge in [0.15, 0.2) is 0 Å². The Morgan fingerprint density at radius 2 is 1.76 bits per heavy atom. The smallest absolute Gasteiger partial charge is 0.408 e. The summed E-state index contributed by atoms with van der Waals surface area (Å²) in [6.07, 6.45) is 14.5. The number of rotatable bonds is 5. The van der Waals surface area contributed by atoms with Gasteiger partial charge in [-0.25, -0.2) is 20.4 Å². The van der Waals surface area contributed by atoms with Gasteiger partial charge in [-0.3, -0.25) is 9.59 Å². The Bertz CT molecular complexity index is 1280. The number of hydrazine groups is 3. The first-order valence-electron chi connectivity index (χ1n) is 18.5. The number of nitrogens with one attached hydrogen (secondary N) is 5. The molecule has 0 bridgehead atoms. The van der Waals surface area contributed by atoms with Crippen molar-refractivity contribution in [2.45, 2.75) is 146 Å². The lowest BCUT2D eigenvalue weighted by Gasteiger charge is -2.47. The summed E-state index contributed by atoms with van der Waals surface area (Å²) in [7, 11) is 1.83. The lowest BCUT2D eigenvalue weighted by molar-refractivity contribution is -0.145. The highest BCUT2D eigenvalue weighted by atomic mass is 16.6. The molecule has 3 saturated carbocycles. The van der Waals surface area contributed by atoms with Gasteiger partial charge >= 0.3 is 12.1 Å². The summed E-state index contributed by atoms with van der Waals surface area (Å²) in [6.45, 7) is 5.51. The SMILES string of the molecule is COC1CCC(C2NNN(C3C[C@H]4C(=O)N[C@@]5(C(=O)O)C[C@H]5/C=C\CCCCC[C@@H](NC(=O)OC(C)(C)C)C(=O)N4C3)N2)C2CCCCC12. The fourth-order valence-electron chi connectivity index (χ4n) is 9.14. The van der Waals surface area contributed by atoms with Crippen molar-refractivity contribution in [2.75, 3.05) is 13.7 Å². The molecule has 274 valence electrons. The number of alkyl carbamates (subject to hydrolysis) is 1. The number of hydrogen-bond acceptors (Lipinski definition) is 10. The molecule has 3 heterocycles. The Labute approximate surface area is 289 Å². The second-order valence-corrected chi connectivity index (χ2v) is 16.1. The summed E-state index contributed by atoms with van der Waals surface area (Å²) in [4.78, 5) is 55.3. The molecule has 0 spiro atoms. The molecular weight excluding hydrogens is 630 g/mol. The fourth-order valence-corrected chi connectivity index (χ4v) is 9.14. The van der Waals surface area contributed by atoms with Gasteiger partial charge in [0.05, 0.1) is 18.3 Å². The van der Waals surface area contributed by atoms with Crippen LogP contribution in [0.25, 0.3) is 0 Å². The van der Waals surface area contributed by atoms with Gasteiger partial charge in [-0.2, -0.15) is 10.7 Å². The molecule has 6 aliphatic rings. The van der Waals surface area contributed by atoms with E-state index in [0.29, 0.717) is 43.1 Å². The standard InChI is InChI=1S/C35H57N7O7/c1-34(2,3)49-33(47)36-26-15-9-7-5-6-8-12-21-19-35(21,32(45)46)37-30(43)27-18-22(20-41(27)31(26)44)42-39-29(38-40-42)25-16-17-28(48-4)24-14-11-10-13-23(24)25/h8,12,21-29,38-40H,5-7,9-11,13-20H2,1-4H3,(H,36,47)(H,37,43)(H,45,46)/b12-8-/t21-,22?,23?,24?,25?,26-,27+,28?,29?,35+/m1/s1. The van der Waals surface area contributed by atoms with Crippen molar-refractivity contribution in [1.82, 2.24) is 37.0 Å². The summed E-state index contributed by atoms with van der Waals surface area (Å²) < 4.78 is 11.4. The second kappa shape index (κ2) is 14.8. The van der Waals surface area contributed by atoms with E-state index in [1.165, 1.54) is 30.6 Å². The normalized spacial score (nSPS) is 39.8. The Balaban J connectivity index is 1.21. The van der Waals surface area contributed by atoms with Crippen LogP contribution in [0.5, 0.6) is 0 Å². The first-order valence-corrected chi connectivity index (χ1v) is 18.5. The number of hydrogen-bond donors (Lipinski definition) is 6. The van der Waals surface area contributed by atoms with Gasteiger partial charge in [0.2, 0.25) is 11.8 Å². The summed E-state index contributed by atoms with van der Waals surface area (Å²) in [6, 6.07) is -2.11. The van der Waals surface area contributed by atoms with E-state index < -0.39 is 41.2 Å². The highest BCUT2D eigenvalue weighted by Crippen LogP contribution is 2.47. The van der Waals surface area contributed by atoms with Crippen LogP contribution < -0.4 is 27.0 Å². The number of methoxy groups -OCH3 is 1. The summed E-state index contributed by atoms with van der Waals surface area (Å²) in [5, 5.41) is 17.7. The van der Waals surface area contributed by atoms with E-state index in [2.05, 4.69) is 27.0 Å². The average Bonchev–Trinajstić information content (AvgIpc) is 3.36. The predicted molar refractivity (Wildman–Crippen MR) is 180 cm³/mol. The average molecular weight is 688 g/mol. The van der Waals surface area contributed by atoms with Crippen molar-refractivity contribution >= 4 is 23.9 Å². The number of carbonyl (C=O) groups excluding carboxylic acids is 3. The van der Waals surface area contributed by atoms with Crippen LogP contribution in [-0.4, -0.2) is 94.2 Å². The first kappa shape index (κ1) is 36.0. The largest absolute Gasteiger partial charge is 0.479 e. The molecule has 3 aliphatic carbocycles. The molecule has 0 radical (unpaired) electrons. The van der Waals surface area contributed by atoms with Crippen LogP contribution in [0.1, 0.15) is 104 Å². The maximum atomic E-state index is 14.4. The van der Waals surface area contributed by atoms with Crippen LogP contribution in [0.3, 0.4) is 0 Å². The minimum atomic E-state index is -1.39. The van der Waals surface area contributed by atoms with Crippen molar-refractivity contribution in [3.63, 3.8) is 0 Å².